The van der Waals surface area contributed by atoms with Gasteiger partial charge in [-0.2, -0.15) is 0 Å². The van der Waals surface area contributed by atoms with Crippen LogP contribution >= 0.6 is 11.6 Å². The van der Waals surface area contributed by atoms with Crippen molar-refractivity contribution in [1.82, 2.24) is 9.97 Å². The summed E-state index contributed by atoms with van der Waals surface area (Å²) in [4.78, 5) is 8.06. The van der Waals surface area contributed by atoms with Crippen LogP contribution in [0.25, 0.3) is 0 Å². The summed E-state index contributed by atoms with van der Waals surface area (Å²) >= 11 is 5.98. The van der Waals surface area contributed by atoms with Crippen molar-refractivity contribution in [2.75, 3.05) is 24.2 Å². The number of hydrogen-bond acceptors (Lipinski definition) is 5. The van der Waals surface area contributed by atoms with Crippen molar-refractivity contribution in [3.8, 4) is 0 Å². The molecule has 2 rings (SSSR count). The van der Waals surface area contributed by atoms with Gasteiger partial charge in [-0.3, -0.25) is 0 Å². The van der Waals surface area contributed by atoms with Crippen LogP contribution in [0.4, 0.5) is 11.5 Å². The lowest BCUT2D eigenvalue weighted by Crippen LogP contribution is -2.30. The summed E-state index contributed by atoms with van der Waals surface area (Å²) in [6.45, 7) is 0.493. The number of aliphatic hydroxyl groups is 1. The van der Waals surface area contributed by atoms with E-state index in [2.05, 4.69) is 20.6 Å². The van der Waals surface area contributed by atoms with Gasteiger partial charge in [0.05, 0.1) is 6.10 Å². The summed E-state index contributed by atoms with van der Waals surface area (Å²) in [5.74, 6) is 1.04. The lowest BCUT2D eigenvalue weighted by atomic mass is 9.85. The van der Waals surface area contributed by atoms with E-state index in [9.17, 15) is 5.11 Å². The normalized spacial score (nSPS) is 18.1. The molecule has 1 aliphatic rings. The molecule has 0 radical (unpaired) electrons. The van der Waals surface area contributed by atoms with Crippen molar-refractivity contribution in [1.29, 1.82) is 0 Å². The second-order valence-corrected chi connectivity index (χ2v) is 5.34. The minimum Gasteiger partial charge on any atom is -0.391 e. The molecular formula is C13H21ClN4O. The van der Waals surface area contributed by atoms with Crippen molar-refractivity contribution in [2.45, 2.75) is 38.2 Å². The Bertz CT molecular complexity index is 410. The van der Waals surface area contributed by atoms with Crippen LogP contribution in [0.2, 0.25) is 5.15 Å². The molecule has 1 atom stereocenters. The van der Waals surface area contributed by atoms with Crippen molar-refractivity contribution < 1.29 is 5.11 Å². The minimum atomic E-state index is -0.334. The average Bonchev–Trinajstić information content (AvgIpc) is 2.45. The van der Waals surface area contributed by atoms with Gasteiger partial charge in [0, 0.05) is 13.6 Å². The molecule has 1 unspecified atom stereocenters. The summed E-state index contributed by atoms with van der Waals surface area (Å²) in [6, 6.07) is 0. The molecule has 5 nitrogen and oxygen atoms in total. The van der Waals surface area contributed by atoms with Gasteiger partial charge in [-0.15, -0.1) is 0 Å². The highest BCUT2D eigenvalue weighted by Gasteiger charge is 2.21. The molecule has 1 aromatic rings. The fourth-order valence-corrected chi connectivity index (χ4v) is 2.83. The summed E-state index contributed by atoms with van der Waals surface area (Å²) in [5, 5.41) is 16.7. The van der Waals surface area contributed by atoms with Crippen molar-refractivity contribution >= 4 is 23.1 Å². The maximum atomic E-state index is 10.2. The Balaban J connectivity index is 1.92. The van der Waals surface area contributed by atoms with Gasteiger partial charge in [-0.25, -0.2) is 9.97 Å². The third-order valence-electron chi connectivity index (χ3n) is 3.72. The van der Waals surface area contributed by atoms with Gasteiger partial charge in [-0.1, -0.05) is 30.9 Å². The summed E-state index contributed by atoms with van der Waals surface area (Å²) in [5.41, 5.74) is 0.667. The molecule has 1 aromatic heterocycles. The Morgan fingerprint density at radius 2 is 2.11 bits per heavy atom. The van der Waals surface area contributed by atoms with E-state index in [-0.39, 0.29) is 6.10 Å². The van der Waals surface area contributed by atoms with Gasteiger partial charge in [0.2, 0.25) is 0 Å². The molecule has 0 amide bonds. The molecule has 0 spiro atoms. The van der Waals surface area contributed by atoms with Crippen molar-refractivity contribution in [2.24, 2.45) is 5.92 Å². The predicted octanol–water partition coefficient (Wildman–Crippen LogP) is 2.52. The van der Waals surface area contributed by atoms with E-state index in [1.54, 1.807) is 7.05 Å². The third kappa shape index (κ3) is 3.70. The zero-order valence-corrected chi connectivity index (χ0v) is 12.0. The number of aromatic nitrogens is 2. The standard InChI is InChI=1S/C13H21ClN4O/c1-15-11-12(14)17-8-18-13(11)16-7-10(19)9-5-3-2-4-6-9/h8-10,15,19H,2-7H2,1H3,(H,16,17,18). The van der Waals surface area contributed by atoms with Crippen LogP contribution in [0, 0.1) is 5.92 Å². The van der Waals surface area contributed by atoms with Gasteiger partial charge in [-0.05, 0) is 18.8 Å². The Hall–Kier alpha value is -1.07. The predicted molar refractivity (Wildman–Crippen MR) is 77.7 cm³/mol. The van der Waals surface area contributed by atoms with Crippen LogP contribution in [0.3, 0.4) is 0 Å². The smallest absolute Gasteiger partial charge is 0.157 e. The maximum Gasteiger partial charge on any atom is 0.157 e. The quantitative estimate of drug-likeness (QED) is 0.725. The lowest BCUT2D eigenvalue weighted by Gasteiger charge is -2.27. The summed E-state index contributed by atoms with van der Waals surface area (Å²) in [6.07, 6.45) is 7.06. The molecule has 6 heteroatoms. The van der Waals surface area contributed by atoms with E-state index in [0.717, 1.165) is 12.8 Å². The zero-order chi connectivity index (χ0) is 13.7. The van der Waals surface area contributed by atoms with E-state index < -0.39 is 0 Å². The molecule has 1 fully saturated rings. The monoisotopic (exact) mass is 284 g/mol. The molecule has 1 saturated carbocycles. The first-order valence-electron chi connectivity index (χ1n) is 6.82. The van der Waals surface area contributed by atoms with E-state index >= 15 is 0 Å². The zero-order valence-electron chi connectivity index (χ0n) is 11.2. The van der Waals surface area contributed by atoms with Crippen LogP contribution in [0.15, 0.2) is 6.33 Å². The Morgan fingerprint density at radius 1 is 1.37 bits per heavy atom. The molecular weight excluding hydrogens is 264 g/mol. The molecule has 0 saturated heterocycles. The van der Waals surface area contributed by atoms with Crippen LogP contribution in [0.5, 0.6) is 0 Å². The first kappa shape index (κ1) is 14.3. The molecule has 106 valence electrons. The van der Waals surface area contributed by atoms with Gasteiger partial charge in [0.25, 0.3) is 0 Å². The number of anilines is 2. The molecule has 19 heavy (non-hydrogen) atoms. The topological polar surface area (TPSA) is 70.1 Å². The number of aliphatic hydroxyl groups excluding tert-OH is 1. The highest BCUT2D eigenvalue weighted by atomic mass is 35.5. The van der Waals surface area contributed by atoms with E-state index in [4.69, 9.17) is 11.6 Å². The molecule has 3 N–H and O–H groups in total. The lowest BCUT2D eigenvalue weighted by molar-refractivity contribution is 0.0956. The van der Waals surface area contributed by atoms with Gasteiger partial charge < -0.3 is 15.7 Å². The Kier molecular flexibility index (Phi) is 5.22. The van der Waals surface area contributed by atoms with Crippen LogP contribution in [-0.4, -0.2) is 34.8 Å². The first-order chi connectivity index (χ1) is 9.22. The molecule has 1 heterocycles. The SMILES string of the molecule is CNc1c(Cl)ncnc1NCC(O)C1CCCCC1. The second-order valence-electron chi connectivity index (χ2n) is 4.98. The van der Waals surface area contributed by atoms with Crippen LogP contribution < -0.4 is 10.6 Å². The highest BCUT2D eigenvalue weighted by Crippen LogP contribution is 2.28. The minimum absolute atomic E-state index is 0.334. The fraction of sp³-hybridized carbons (Fsp3) is 0.692. The number of rotatable bonds is 5. The van der Waals surface area contributed by atoms with Crippen molar-refractivity contribution in [3.63, 3.8) is 0 Å². The van der Waals surface area contributed by atoms with Crippen molar-refractivity contribution in [3.05, 3.63) is 11.5 Å². The number of halogens is 1. The number of hydrogen-bond donors (Lipinski definition) is 3. The Labute approximate surface area is 118 Å². The van der Waals surface area contributed by atoms with E-state index in [1.807, 2.05) is 0 Å². The van der Waals surface area contributed by atoms with Gasteiger partial charge >= 0.3 is 0 Å². The molecule has 0 bridgehead atoms. The number of nitrogens with zero attached hydrogens (tertiary/aromatic N) is 2. The van der Waals surface area contributed by atoms with Gasteiger partial charge in [0.15, 0.2) is 11.0 Å². The largest absolute Gasteiger partial charge is 0.391 e. The van der Waals surface area contributed by atoms with Crippen LogP contribution in [0.1, 0.15) is 32.1 Å². The number of nitrogens with one attached hydrogen (secondary N) is 2. The third-order valence-corrected chi connectivity index (χ3v) is 4.01. The van der Waals surface area contributed by atoms with E-state index in [0.29, 0.717) is 29.1 Å². The molecule has 0 aromatic carbocycles. The molecule has 1 aliphatic carbocycles. The summed E-state index contributed by atoms with van der Waals surface area (Å²) < 4.78 is 0. The average molecular weight is 285 g/mol. The second kappa shape index (κ2) is 6.91. The molecule has 0 aliphatic heterocycles. The van der Waals surface area contributed by atoms with E-state index in [1.165, 1.54) is 25.6 Å². The fourth-order valence-electron chi connectivity index (χ4n) is 2.61. The maximum absolute atomic E-state index is 10.2. The highest BCUT2D eigenvalue weighted by molar-refractivity contribution is 6.32. The Morgan fingerprint density at radius 3 is 2.79 bits per heavy atom. The van der Waals surface area contributed by atoms with Crippen LogP contribution in [-0.2, 0) is 0 Å². The van der Waals surface area contributed by atoms with Gasteiger partial charge in [0.1, 0.15) is 12.0 Å². The first-order valence-corrected chi connectivity index (χ1v) is 7.20. The summed E-state index contributed by atoms with van der Waals surface area (Å²) in [7, 11) is 1.77.